The average Bonchev–Trinajstić information content (AvgIpc) is 3.13. The van der Waals surface area contributed by atoms with Gasteiger partial charge in [0.1, 0.15) is 5.82 Å². The van der Waals surface area contributed by atoms with Gasteiger partial charge in [-0.25, -0.2) is 9.78 Å². The lowest BCUT2D eigenvalue weighted by Crippen LogP contribution is -2.38. The largest absolute Gasteiger partial charge is 0.416 e. The monoisotopic (exact) mass is 484 g/mol. The first-order chi connectivity index (χ1) is 16.5. The molecule has 0 bridgehead atoms. The fraction of sp³-hybridized carbons (Fsp3) is 0.360. The molecule has 1 saturated heterocycles. The molecule has 3 heterocycles. The fourth-order valence-electron chi connectivity index (χ4n) is 4.07. The molecule has 35 heavy (non-hydrogen) atoms. The molecule has 2 atom stereocenters. The highest BCUT2D eigenvalue weighted by Crippen LogP contribution is 2.32. The van der Waals surface area contributed by atoms with Gasteiger partial charge in [0, 0.05) is 31.5 Å². The lowest BCUT2D eigenvalue weighted by Gasteiger charge is -2.25. The van der Waals surface area contributed by atoms with Crippen molar-refractivity contribution in [3.05, 3.63) is 66.1 Å². The van der Waals surface area contributed by atoms with Crippen molar-refractivity contribution in [3.8, 4) is 11.1 Å². The van der Waals surface area contributed by atoms with E-state index < -0.39 is 11.7 Å². The summed E-state index contributed by atoms with van der Waals surface area (Å²) in [6.07, 6.45) is -1.25. The van der Waals surface area contributed by atoms with Gasteiger partial charge in [-0.1, -0.05) is 32.0 Å². The summed E-state index contributed by atoms with van der Waals surface area (Å²) in [5.74, 6) is 1.13. The number of halogens is 3. The first-order valence-corrected chi connectivity index (χ1v) is 11.3. The number of likely N-dealkylation sites (N-methyl/N-ethyl adjacent to an activating group) is 1. The van der Waals surface area contributed by atoms with Gasteiger partial charge in [0.2, 0.25) is 5.95 Å². The Morgan fingerprint density at radius 1 is 1.06 bits per heavy atom. The van der Waals surface area contributed by atoms with E-state index in [9.17, 15) is 18.0 Å². The van der Waals surface area contributed by atoms with Gasteiger partial charge in [-0.05, 0) is 42.7 Å². The van der Waals surface area contributed by atoms with Gasteiger partial charge in [-0.15, -0.1) is 0 Å². The third-order valence-corrected chi connectivity index (χ3v) is 6.08. The Hall–Kier alpha value is -3.69. The maximum absolute atomic E-state index is 13.0. The summed E-state index contributed by atoms with van der Waals surface area (Å²) in [5, 5.41) is 3.20. The molecule has 0 radical (unpaired) electrons. The number of benzene rings is 1. The number of hydrogen-bond acceptors (Lipinski definition) is 5. The van der Waals surface area contributed by atoms with Crippen LogP contribution < -0.4 is 10.2 Å². The van der Waals surface area contributed by atoms with Gasteiger partial charge in [-0.2, -0.15) is 18.2 Å². The molecule has 1 fully saturated rings. The van der Waals surface area contributed by atoms with Crippen LogP contribution in [0.5, 0.6) is 0 Å². The molecule has 2 amide bonds. The van der Waals surface area contributed by atoms with Crippen LogP contribution in [0, 0.1) is 5.92 Å². The number of hydrogen-bond donors (Lipinski definition) is 1. The number of pyridine rings is 1. The molecule has 3 aromatic rings. The molecule has 7 nitrogen and oxygen atoms in total. The molecular formula is C25H27F3N6O. The number of aromatic nitrogens is 3. The molecule has 2 aromatic heterocycles. The lowest BCUT2D eigenvalue weighted by molar-refractivity contribution is -0.137. The number of anilines is 2. The second-order valence-electron chi connectivity index (χ2n) is 9.00. The van der Waals surface area contributed by atoms with Crippen LogP contribution in [0.3, 0.4) is 0 Å². The van der Waals surface area contributed by atoms with E-state index in [4.69, 9.17) is 0 Å². The molecule has 1 N–H and O–H groups in total. The average molecular weight is 485 g/mol. The molecule has 4 rings (SSSR count). The fourth-order valence-corrected chi connectivity index (χ4v) is 4.07. The van der Waals surface area contributed by atoms with Gasteiger partial charge in [0.05, 0.1) is 23.3 Å². The number of nitrogens with one attached hydrogen (secondary N) is 1. The van der Waals surface area contributed by atoms with Crippen molar-refractivity contribution in [2.45, 2.75) is 39.0 Å². The standard InChI is InChI=1S/C25H27F3N6O/c1-15(2)21-14-33(4)24(35)34(21)22-10-11-29-23(32-22)31-16(3)20-9-8-18(13-30-20)17-6-5-7-19(12-17)25(26,27)28/h5-13,15-16,21H,14H2,1-4H3,(H,29,31,32)/t16-,21+/m0/s1. The van der Waals surface area contributed by atoms with Crippen LogP contribution >= 0.6 is 0 Å². The van der Waals surface area contributed by atoms with Gasteiger partial charge >= 0.3 is 12.2 Å². The van der Waals surface area contributed by atoms with Crippen LogP contribution in [0.4, 0.5) is 29.7 Å². The zero-order valence-corrected chi connectivity index (χ0v) is 19.9. The summed E-state index contributed by atoms with van der Waals surface area (Å²) in [6, 6.07) is 9.99. The number of alkyl halides is 3. The molecule has 0 aliphatic carbocycles. The Morgan fingerprint density at radius 3 is 2.49 bits per heavy atom. The first kappa shape index (κ1) is 24.4. The van der Waals surface area contributed by atoms with E-state index in [1.165, 1.54) is 6.07 Å². The summed E-state index contributed by atoms with van der Waals surface area (Å²) in [6.45, 7) is 6.65. The van der Waals surface area contributed by atoms with Crippen molar-refractivity contribution < 1.29 is 18.0 Å². The smallest absolute Gasteiger partial charge is 0.346 e. The zero-order valence-electron chi connectivity index (χ0n) is 19.9. The van der Waals surface area contributed by atoms with Crippen LogP contribution in [-0.2, 0) is 6.18 Å². The minimum absolute atomic E-state index is 0.0118. The molecule has 1 aliphatic rings. The maximum atomic E-state index is 13.0. The molecule has 0 spiro atoms. The van der Waals surface area contributed by atoms with Gasteiger partial charge in [0.15, 0.2) is 0 Å². The van der Waals surface area contributed by atoms with E-state index in [0.29, 0.717) is 35.1 Å². The molecule has 184 valence electrons. The Bertz CT molecular complexity index is 1200. The van der Waals surface area contributed by atoms with Crippen molar-refractivity contribution in [2.75, 3.05) is 23.8 Å². The van der Waals surface area contributed by atoms with Crippen molar-refractivity contribution in [2.24, 2.45) is 5.92 Å². The molecule has 0 saturated carbocycles. The van der Waals surface area contributed by atoms with Gasteiger partial charge in [-0.3, -0.25) is 9.88 Å². The Kier molecular flexibility index (Phi) is 6.64. The van der Waals surface area contributed by atoms with Gasteiger partial charge in [0.25, 0.3) is 0 Å². The summed E-state index contributed by atoms with van der Waals surface area (Å²) in [5.41, 5.74) is 0.998. The van der Waals surface area contributed by atoms with E-state index in [-0.39, 0.29) is 24.0 Å². The number of rotatable bonds is 6. The Labute approximate surface area is 202 Å². The predicted octanol–water partition coefficient (Wildman–Crippen LogP) is 5.63. The topological polar surface area (TPSA) is 74.2 Å². The minimum atomic E-state index is -4.40. The molecule has 1 aromatic carbocycles. The van der Waals surface area contributed by atoms with E-state index >= 15 is 0 Å². The third kappa shape index (κ3) is 5.21. The normalized spacial score (nSPS) is 17.3. The van der Waals surface area contributed by atoms with Crippen LogP contribution in [0.25, 0.3) is 11.1 Å². The minimum Gasteiger partial charge on any atom is -0.346 e. The summed E-state index contributed by atoms with van der Waals surface area (Å²) < 4.78 is 39.1. The van der Waals surface area contributed by atoms with Crippen LogP contribution in [0.15, 0.2) is 54.9 Å². The second-order valence-corrected chi connectivity index (χ2v) is 9.00. The molecule has 1 aliphatic heterocycles. The number of carbonyl (C=O) groups is 1. The van der Waals surface area contributed by atoms with Crippen molar-refractivity contribution >= 4 is 17.8 Å². The summed E-state index contributed by atoms with van der Waals surface area (Å²) >= 11 is 0. The van der Waals surface area contributed by atoms with Crippen molar-refractivity contribution in [3.63, 3.8) is 0 Å². The first-order valence-electron chi connectivity index (χ1n) is 11.3. The Morgan fingerprint density at radius 2 is 1.83 bits per heavy atom. The SMILES string of the molecule is CC(C)[C@H]1CN(C)C(=O)N1c1ccnc(N[C@@H](C)c2ccc(-c3cccc(C(F)(F)F)c3)cn2)n1. The quantitative estimate of drug-likeness (QED) is 0.491. The maximum Gasteiger partial charge on any atom is 0.416 e. The highest BCUT2D eigenvalue weighted by atomic mass is 19.4. The molecule has 10 heteroatoms. The number of amides is 2. The predicted molar refractivity (Wildman–Crippen MR) is 128 cm³/mol. The van der Waals surface area contributed by atoms with Crippen molar-refractivity contribution in [1.82, 2.24) is 19.9 Å². The van der Waals surface area contributed by atoms with Crippen LogP contribution in [0.1, 0.15) is 38.1 Å². The summed E-state index contributed by atoms with van der Waals surface area (Å²) in [7, 11) is 1.77. The van der Waals surface area contributed by atoms with E-state index in [1.54, 1.807) is 53.5 Å². The van der Waals surface area contributed by atoms with Crippen molar-refractivity contribution in [1.29, 1.82) is 0 Å². The van der Waals surface area contributed by atoms with E-state index in [0.717, 1.165) is 12.1 Å². The summed E-state index contributed by atoms with van der Waals surface area (Å²) in [4.78, 5) is 29.3. The number of carbonyl (C=O) groups excluding carboxylic acids is 1. The number of urea groups is 1. The molecule has 0 unspecified atom stereocenters. The highest BCUT2D eigenvalue weighted by molar-refractivity contribution is 5.94. The third-order valence-electron chi connectivity index (χ3n) is 6.08. The molecular weight excluding hydrogens is 457 g/mol. The van der Waals surface area contributed by atoms with Crippen LogP contribution in [0.2, 0.25) is 0 Å². The van der Waals surface area contributed by atoms with E-state index in [2.05, 4.69) is 34.1 Å². The highest BCUT2D eigenvalue weighted by Gasteiger charge is 2.38. The van der Waals surface area contributed by atoms with E-state index in [1.807, 2.05) is 6.92 Å². The van der Waals surface area contributed by atoms with Gasteiger partial charge < -0.3 is 10.2 Å². The lowest BCUT2D eigenvalue weighted by atomic mass is 10.0. The Balaban J connectivity index is 1.50. The second kappa shape index (κ2) is 9.52. The zero-order chi connectivity index (χ0) is 25.3. The van der Waals surface area contributed by atoms with Crippen LogP contribution in [-0.4, -0.2) is 45.5 Å². The number of nitrogens with zero attached hydrogens (tertiary/aromatic N) is 5.